The van der Waals surface area contributed by atoms with Crippen LogP contribution in [0.15, 0.2) is 140 Å². The lowest BCUT2D eigenvalue weighted by atomic mass is 9.93. The summed E-state index contributed by atoms with van der Waals surface area (Å²) < 4.78 is 2.28. The Hall–Kier alpha value is -6.20. The number of pyridine rings is 2. The van der Waals surface area contributed by atoms with Gasteiger partial charge in [0.05, 0.1) is 22.4 Å². The summed E-state index contributed by atoms with van der Waals surface area (Å²) in [6, 6.07) is 46.7. The molecule has 5 aromatic carbocycles. The van der Waals surface area contributed by atoms with Gasteiger partial charge in [-0.15, -0.1) is 0 Å². The van der Waals surface area contributed by atoms with E-state index in [4.69, 9.17) is 15.0 Å². The third-order valence-electron chi connectivity index (χ3n) is 9.00. The second kappa shape index (κ2) is 9.15. The van der Waals surface area contributed by atoms with Gasteiger partial charge < -0.3 is 0 Å². The number of fused-ring (bicyclic) bond motifs is 4. The van der Waals surface area contributed by atoms with Gasteiger partial charge in [0, 0.05) is 22.5 Å². The zero-order valence-corrected chi connectivity index (χ0v) is 24.0. The Morgan fingerprint density at radius 1 is 0.444 bits per heavy atom. The molecule has 0 spiro atoms. The van der Waals surface area contributed by atoms with Crippen LogP contribution >= 0.6 is 0 Å². The molecule has 0 atom stereocenters. The molecule has 1 aliphatic carbocycles. The molecule has 0 saturated carbocycles. The summed E-state index contributed by atoms with van der Waals surface area (Å²) in [5, 5.41) is 4.93. The van der Waals surface area contributed by atoms with E-state index in [1.807, 2.05) is 48.5 Å². The minimum atomic E-state index is 0.590. The van der Waals surface area contributed by atoms with Crippen molar-refractivity contribution in [2.75, 3.05) is 0 Å². The normalized spacial score (nSPS) is 12.0. The average Bonchev–Trinajstić information content (AvgIpc) is 3.39. The number of nitrogens with zero attached hydrogens (tertiary/aromatic N) is 5. The molecular weight excluding hydrogens is 550 g/mol. The maximum absolute atomic E-state index is 5.29. The van der Waals surface area contributed by atoms with Crippen LogP contribution in [0.25, 0.3) is 94.5 Å². The number of rotatable bonds is 3. The maximum Gasteiger partial charge on any atom is 0.178 e. The van der Waals surface area contributed by atoms with Gasteiger partial charge in [0.1, 0.15) is 11.2 Å². The molecule has 0 bridgehead atoms. The molecule has 0 fully saturated rings. The molecule has 0 aliphatic heterocycles. The van der Waals surface area contributed by atoms with Gasteiger partial charge in [-0.05, 0) is 69.4 Å². The van der Waals surface area contributed by atoms with E-state index in [0.717, 1.165) is 39.3 Å². The largest absolute Gasteiger partial charge is 0.292 e. The van der Waals surface area contributed by atoms with Crippen LogP contribution in [0.4, 0.5) is 0 Å². The Bertz CT molecular complexity index is 2650. The third kappa shape index (κ3) is 3.43. The van der Waals surface area contributed by atoms with E-state index in [-0.39, 0.29) is 0 Å². The number of benzene rings is 5. The predicted molar refractivity (Wildman–Crippen MR) is 182 cm³/mol. The smallest absolute Gasteiger partial charge is 0.178 e. The van der Waals surface area contributed by atoms with Crippen LogP contribution in [0.5, 0.6) is 0 Å². The van der Waals surface area contributed by atoms with Gasteiger partial charge in [0.15, 0.2) is 11.5 Å². The zero-order valence-electron chi connectivity index (χ0n) is 24.0. The second-order valence-electron chi connectivity index (χ2n) is 11.5. The fraction of sp³-hybridized carbons (Fsp3) is 0. The van der Waals surface area contributed by atoms with Crippen LogP contribution in [0, 0.1) is 0 Å². The first-order valence-corrected chi connectivity index (χ1v) is 15.1. The lowest BCUT2D eigenvalue weighted by Gasteiger charge is -2.15. The minimum absolute atomic E-state index is 0.590. The average molecular weight is 574 g/mol. The van der Waals surface area contributed by atoms with Crippen LogP contribution in [0.2, 0.25) is 0 Å². The quantitative estimate of drug-likeness (QED) is 0.211. The highest BCUT2D eigenvalue weighted by Crippen LogP contribution is 2.49. The lowest BCUT2D eigenvalue weighted by molar-refractivity contribution is 1.06. The lowest BCUT2D eigenvalue weighted by Crippen LogP contribution is -2.05. The monoisotopic (exact) mass is 573 g/mol. The molecule has 5 heteroatoms. The van der Waals surface area contributed by atoms with Crippen LogP contribution in [0.1, 0.15) is 0 Å². The van der Waals surface area contributed by atoms with Gasteiger partial charge in [0.2, 0.25) is 0 Å². The summed E-state index contributed by atoms with van der Waals surface area (Å²) in [5.41, 5.74) is 11.8. The number of hydrogen-bond donors (Lipinski definition) is 0. The van der Waals surface area contributed by atoms with Crippen molar-refractivity contribution >= 4 is 43.7 Å². The van der Waals surface area contributed by atoms with E-state index in [1.54, 1.807) is 6.20 Å². The topological polar surface area (TPSA) is 56.5 Å². The Labute approximate surface area is 258 Å². The van der Waals surface area contributed by atoms with Gasteiger partial charge in [-0.3, -0.25) is 4.57 Å². The molecular formula is C40H23N5. The molecule has 4 heterocycles. The van der Waals surface area contributed by atoms with E-state index in [2.05, 4.69) is 94.5 Å². The van der Waals surface area contributed by atoms with Gasteiger partial charge in [0.25, 0.3) is 0 Å². The van der Waals surface area contributed by atoms with E-state index in [9.17, 15) is 0 Å². The van der Waals surface area contributed by atoms with E-state index in [0.29, 0.717) is 11.3 Å². The molecule has 4 aromatic heterocycles. The highest BCUT2D eigenvalue weighted by atomic mass is 15.1. The molecule has 9 aromatic rings. The summed E-state index contributed by atoms with van der Waals surface area (Å²) in [6.45, 7) is 0. The number of hydrogen-bond acceptors (Lipinski definition) is 4. The van der Waals surface area contributed by atoms with Crippen LogP contribution in [0.3, 0.4) is 0 Å². The molecule has 45 heavy (non-hydrogen) atoms. The summed E-state index contributed by atoms with van der Waals surface area (Å²) in [7, 11) is 0. The second-order valence-corrected chi connectivity index (χ2v) is 11.5. The first-order chi connectivity index (χ1) is 22.3. The van der Waals surface area contributed by atoms with Crippen molar-refractivity contribution in [3.8, 4) is 50.7 Å². The van der Waals surface area contributed by atoms with Gasteiger partial charge in [-0.25, -0.2) is 19.9 Å². The van der Waals surface area contributed by atoms with Crippen LogP contribution in [-0.2, 0) is 0 Å². The van der Waals surface area contributed by atoms with E-state index >= 15 is 0 Å². The summed E-state index contributed by atoms with van der Waals surface area (Å²) in [6.07, 6.45) is 1.76. The molecule has 0 radical (unpaired) electrons. The third-order valence-corrected chi connectivity index (χ3v) is 9.00. The molecule has 10 rings (SSSR count). The van der Waals surface area contributed by atoms with E-state index in [1.165, 1.54) is 43.8 Å². The van der Waals surface area contributed by atoms with Gasteiger partial charge >= 0.3 is 0 Å². The molecule has 208 valence electrons. The van der Waals surface area contributed by atoms with E-state index < -0.39 is 0 Å². The highest BCUT2D eigenvalue weighted by molar-refractivity contribution is 6.30. The Balaban J connectivity index is 1.36. The molecule has 5 nitrogen and oxygen atoms in total. The van der Waals surface area contributed by atoms with Crippen molar-refractivity contribution in [2.45, 2.75) is 0 Å². The van der Waals surface area contributed by atoms with Crippen molar-refractivity contribution in [3.63, 3.8) is 0 Å². The van der Waals surface area contributed by atoms with Crippen LogP contribution in [-0.4, -0.2) is 24.5 Å². The fourth-order valence-corrected chi connectivity index (χ4v) is 7.11. The summed E-state index contributed by atoms with van der Waals surface area (Å²) in [4.78, 5) is 20.1. The Kier molecular flexibility index (Phi) is 4.93. The number of aromatic nitrogens is 5. The van der Waals surface area contributed by atoms with Crippen molar-refractivity contribution < 1.29 is 0 Å². The van der Waals surface area contributed by atoms with Gasteiger partial charge in [-0.2, -0.15) is 0 Å². The summed E-state index contributed by atoms with van der Waals surface area (Å²) in [5.74, 6) is 0.732. The molecule has 0 amide bonds. The van der Waals surface area contributed by atoms with Crippen molar-refractivity contribution in [2.24, 2.45) is 0 Å². The standard InChI is InChI=1S/C40H23N5/c1-2-10-24(11-3-1)30-17-8-18-31(42-30)38-40(43-32-19-9-23-41-39(32)44-38)45-33-20-7-16-29-27-14-5-4-13-26(27)28-15-6-12-25-21-22-34(45)37(35(25)28)36(29)33/h1-23H. The molecule has 0 unspecified atom stereocenters. The zero-order chi connectivity index (χ0) is 29.5. The maximum atomic E-state index is 5.29. The first kappa shape index (κ1) is 24.3. The van der Waals surface area contributed by atoms with Crippen LogP contribution < -0.4 is 0 Å². The molecule has 0 N–H and O–H groups in total. The Morgan fingerprint density at radius 3 is 2.02 bits per heavy atom. The van der Waals surface area contributed by atoms with Crippen molar-refractivity contribution in [1.29, 1.82) is 0 Å². The van der Waals surface area contributed by atoms with Gasteiger partial charge in [-0.1, -0.05) is 97.1 Å². The summed E-state index contributed by atoms with van der Waals surface area (Å²) >= 11 is 0. The highest BCUT2D eigenvalue weighted by Gasteiger charge is 2.26. The SMILES string of the molecule is c1ccc(-c2cccc(-c3nc4ncccc4nc3-n3c4cccc5c4c4c6c(cccc6ccc43)-c3ccccc3-5)n2)cc1. The van der Waals surface area contributed by atoms with Crippen molar-refractivity contribution in [1.82, 2.24) is 24.5 Å². The first-order valence-electron chi connectivity index (χ1n) is 15.1. The molecule has 0 saturated heterocycles. The minimum Gasteiger partial charge on any atom is -0.292 e. The van der Waals surface area contributed by atoms with Crippen molar-refractivity contribution in [3.05, 3.63) is 140 Å². The predicted octanol–water partition coefficient (Wildman–Crippen LogP) is 9.65. The fourth-order valence-electron chi connectivity index (χ4n) is 7.11. The Morgan fingerprint density at radius 2 is 1.16 bits per heavy atom. The molecule has 1 aliphatic rings.